The van der Waals surface area contributed by atoms with Crippen LogP contribution in [-0.4, -0.2) is 48.2 Å². The van der Waals surface area contributed by atoms with Crippen molar-refractivity contribution in [2.24, 2.45) is 0 Å². The Morgan fingerprint density at radius 1 is 0.741 bits per heavy atom. The zero-order valence-corrected chi connectivity index (χ0v) is 18.7. The van der Waals surface area contributed by atoms with E-state index in [9.17, 15) is 4.79 Å². The van der Waals surface area contributed by atoms with Gasteiger partial charge in [-0.3, -0.25) is 0 Å². The van der Waals surface area contributed by atoms with Crippen molar-refractivity contribution in [3.05, 3.63) is 11.4 Å². The number of carbonyl (C=O) groups is 1. The van der Waals surface area contributed by atoms with Crippen LogP contribution in [-0.2, 0) is 28.1 Å². The molecule has 0 aromatic rings. The van der Waals surface area contributed by atoms with Crippen LogP contribution in [0.2, 0.25) is 0 Å². The fourth-order valence-corrected chi connectivity index (χ4v) is 2.67. The minimum atomic E-state index is -0.766. The molecular formula is C19H34B2O6. The van der Waals surface area contributed by atoms with Crippen molar-refractivity contribution in [1.82, 2.24) is 0 Å². The molecule has 2 saturated heterocycles. The maximum Gasteiger partial charge on any atom is 0.486 e. The first-order valence-electron chi connectivity index (χ1n) is 9.53. The van der Waals surface area contributed by atoms with E-state index in [1.165, 1.54) is 6.08 Å². The van der Waals surface area contributed by atoms with Gasteiger partial charge in [0.15, 0.2) is 0 Å². The van der Waals surface area contributed by atoms with Gasteiger partial charge in [-0.15, -0.1) is 0 Å². The highest BCUT2D eigenvalue weighted by Gasteiger charge is 2.59. The molecule has 2 fully saturated rings. The van der Waals surface area contributed by atoms with Crippen LogP contribution in [0.15, 0.2) is 11.4 Å². The lowest BCUT2D eigenvalue weighted by atomic mass is 9.57. The first kappa shape index (κ1) is 22.5. The van der Waals surface area contributed by atoms with Gasteiger partial charge in [-0.25, -0.2) is 4.79 Å². The molecule has 6 nitrogen and oxygen atoms in total. The highest BCUT2D eigenvalue weighted by molar-refractivity contribution is 6.78. The van der Waals surface area contributed by atoms with Crippen LogP contribution in [0.1, 0.15) is 76.2 Å². The summed E-state index contributed by atoms with van der Waals surface area (Å²) in [5, 5.41) is 0.474. The van der Waals surface area contributed by atoms with Crippen LogP contribution in [0, 0.1) is 0 Å². The largest absolute Gasteiger partial charge is 0.486 e. The molecule has 0 amide bonds. The van der Waals surface area contributed by atoms with E-state index in [1.54, 1.807) is 0 Å². The smallest absolute Gasteiger partial charge is 0.457 e. The molecule has 8 heteroatoms. The van der Waals surface area contributed by atoms with Crippen LogP contribution in [0.5, 0.6) is 0 Å². The summed E-state index contributed by atoms with van der Waals surface area (Å²) in [4.78, 5) is 12.5. The molecule has 27 heavy (non-hydrogen) atoms. The molecule has 0 atom stereocenters. The van der Waals surface area contributed by atoms with Crippen LogP contribution in [0.25, 0.3) is 0 Å². The Bertz CT molecular complexity index is 561. The van der Waals surface area contributed by atoms with Gasteiger partial charge in [-0.2, -0.15) is 0 Å². The third-order valence-corrected chi connectivity index (χ3v) is 5.74. The van der Waals surface area contributed by atoms with Crippen molar-refractivity contribution in [1.29, 1.82) is 0 Å². The Morgan fingerprint density at radius 2 is 1.04 bits per heavy atom. The molecule has 0 aromatic heterocycles. The summed E-state index contributed by atoms with van der Waals surface area (Å²) in [6.45, 7) is 21.1. The van der Waals surface area contributed by atoms with E-state index in [4.69, 9.17) is 23.4 Å². The number of hydrogen-bond acceptors (Lipinski definition) is 6. The van der Waals surface area contributed by atoms with Gasteiger partial charge >= 0.3 is 20.2 Å². The van der Waals surface area contributed by atoms with Crippen LogP contribution >= 0.6 is 0 Å². The summed E-state index contributed by atoms with van der Waals surface area (Å²) in [5.41, 5.74) is -2.80. The summed E-state index contributed by atoms with van der Waals surface area (Å²) in [6, 6.07) is 0. The molecule has 2 rings (SSSR count). The van der Waals surface area contributed by atoms with E-state index in [-0.39, 0.29) is 0 Å². The Morgan fingerprint density at radius 3 is 1.30 bits per heavy atom. The van der Waals surface area contributed by atoms with Gasteiger partial charge in [0.2, 0.25) is 0 Å². The van der Waals surface area contributed by atoms with Gasteiger partial charge in [0, 0.05) is 6.08 Å². The average Bonchev–Trinajstić information content (AvgIpc) is 2.73. The predicted octanol–water partition coefficient (Wildman–Crippen LogP) is 3.52. The third kappa shape index (κ3) is 4.61. The Balaban J connectivity index is 2.38. The van der Waals surface area contributed by atoms with Crippen LogP contribution < -0.4 is 0 Å². The van der Waals surface area contributed by atoms with E-state index in [2.05, 4.69) is 0 Å². The SMILES string of the molecule is CC(C)(C)OC(=O)C=C(B1OC(C)(C)C(C)(C)O1)B1OC(C)(C)C(C)(C)O1. The Hall–Kier alpha value is -0.820. The first-order chi connectivity index (χ1) is 11.9. The van der Waals surface area contributed by atoms with Gasteiger partial charge in [-0.05, 0) is 81.5 Å². The molecular weight excluding hydrogens is 346 g/mol. The van der Waals surface area contributed by atoms with Crippen LogP contribution in [0.3, 0.4) is 0 Å². The van der Waals surface area contributed by atoms with Gasteiger partial charge < -0.3 is 23.4 Å². The molecule has 0 aliphatic carbocycles. The first-order valence-corrected chi connectivity index (χ1v) is 9.53. The van der Waals surface area contributed by atoms with Crippen molar-refractivity contribution in [2.45, 2.75) is 104 Å². The number of hydrogen-bond donors (Lipinski definition) is 0. The second-order valence-electron chi connectivity index (χ2n) is 10.4. The highest BCUT2D eigenvalue weighted by atomic mass is 16.7. The fourth-order valence-electron chi connectivity index (χ4n) is 2.67. The quantitative estimate of drug-likeness (QED) is 0.424. The molecule has 0 radical (unpaired) electrons. The van der Waals surface area contributed by atoms with Crippen LogP contribution in [0.4, 0.5) is 0 Å². The molecule has 0 spiro atoms. The topological polar surface area (TPSA) is 63.2 Å². The molecule has 0 aromatic carbocycles. The van der Waals surface area contributed by atoms with E-state index in [0.29, 0.717) is 5.37 Å². The summed E-state index contributed by atoms with van der Waals surface area (Å²) in [6.07, 6.45) is 1.38. The lowest BCUT2D eigenvalue weighted by molar-refractivity contribution is -0.148. The molecule has 0 unspecified atom stereocenters. The maximum absolute atomic E-state index is 12.5. The second-order valence-corrected chi connectivity index (χ2v) is 10.4. The second kappa shape index (κ2) is 6.61. The molecule has 2 heterocycles. The number of ether oxygens (including phenoxy) is 1. The normalized spacial score (nSPS) is 25.4. The molecule has 2 aliphatic rings. The lowest BCUT2D eigenvalue weighted by Gasteiger charge is -2.32. The molecule has 0 N–H and O–H groups in total. The maximum atomic E-state index is 12.5. The molecule has 152 valence electrons. The van der Waals surface area contributed by atoms with Crippen molar-refractivity contribution in [2.75, 3.05) is 0 Å². The lowest BCUT2D eigenvalue weighted by Crippen LogP contribution is -2.41. The monoisotopic (exact) mass is 380 g/mol. The van der Waals surface area contributed by atoms with Crippen molar-refractivity contribution in [3.8, 4) is 0 Å². The number of rotatable bonds is 3. The van der Waals surface area contributed by atoms with Gasteiger partial charge in [0.25, 0.3) is 0 Å². The van der Waals surface area contributed by atoms with Gasteiger partial charge in [0.1, 0.15) is 5.60 Å². The average molecular weight is 380 g/mol. The number of esters is 1. The highest BCUT2D eigenvalue weighted by Crippen LogP contribution is 2.43. The van der Waals surface area contributed by atoms with E-state index < -0.39 is 48.2 Å². The third-order valence-electron chi connectivity index (χ3n) is 5.74. The van der Waals surface area contributed by atoms with Crippen molar-refractivity contribution < 1.29 is 28.1 Å². The summed E-state index contributed by atoms with van der Waals surface area (Å²) in [7, 11) is -1.53. The Labute approximate surface area is 164 Å². The minimum Gasteiger partial charge on any atom is -0.457 e. The zero-order chi connectivity index (χ0) is 21.1. The van der Waals surface area contributed by atoms with Crippen molar-refractivity contribution >= 4 is 20.2 Å². The minimum absolute atomic E-state index is 0.474. The van der Waals surface area contributed by atoms with Crippen molar-refractivity contribution in [3.63, 3.8) is 0 Å². The summed E-state index contributed by atoms with van der Waals surface area (Å²) in [5.74, 6) is -0.484. The fraction of sp³-hybridized carbons (Fsp3) is 0.842. The molecule has 0 saturated carbocycles. The standard InChI is InChI=1S/C19H34B2O6/c1-15(2,3)23-14(22)12-13(20-24-16(4,5)17(6,7)25-20)21-26-18(8,9)19(10,11)27-21/h12H,1-11H3. The summed E-state index contributed by atoms with van der Waals surface area (Å²) < 4.78 is 30.0. The molecule has 2 aliphatic heterocycles. The molecule has 0 bridgehead atoms. The predicted molar refractivity (Wildman–Crippen MR) is 106 cm³/mol. The summed E-state index contributed by atoms with van der Waals surface area (Å²) >= 11 is 0. The van der Waals surface area contributed by atoms with E-state index in [1.807, 2.05) is 76.2 Å². The number of carbonyl (C=O) groups excluding carboxylic acids is 1. The van der Waals surface area contributed by atoms with Gasteiger partial charge in [0.05, 0.1) is 22.4 Å². The van der Waals surface area contributed by atoms with E-state index >= 15 is 0 Å². The van der Waals surface area contributed by atoms with Gasteiger partial charge in [-0.1, -0.05) is 0 Å². The van der Waals surface area contributed by atoms with E-state index in [0.717, 1.165) is 0 Å². The zero-order valence-electron chi connectivity index (χ0n) is 18.7. The Kier molecular flexibility index (Phi) is 5.50.